The highest BCUT2D eigenvalue weighted by Gasteiger charge is 2.27. The zero-order valence-electron chi connectivity index (χ0n) is 18.5. The molecule has 0 spiro atoms. The average molecular weight is 436 g/mol. The van der Waals surface area contributed by atoms with Crippen molar-refractivity contribution in [1.82, 2.24) is 24.1 Å². The van der Waals surface area contributed by atoms with E-state index in [1.54, 1.807) is 11.7 Å². The third-order valence-electron chi connectivity index (χ3n) is 5.84. The van der Waals surface area contributed by atoms with Gasteiger partial charge in [0, 0.05) is 30.9 Å². The number of nitrogens with zero attached hydrogens (tertiary/aromatic N) is 5. The van der Waals surface area contributed by atoms with Gasteiger partial charge in [0.25, 0.3) is 12.0 Å². The van der Waals surface area contributed by atoms with Crippen molar-refractivity contribution in [3.8, 4) is 5.75 Å². The molecule has 4 aromatic rings. The van der Waals surface area contributed by atoms with Crippen molar-refractivity contribution in [3.63, 3.8) is 0 Å². The molecule has 5 rings (SSSR count). The van der Waals surface area contributed by atoms with Crippen molar-refractivity contribution in [3.05, 3.63) is 64.5 Å². The van der Waals surface area contributed by atoms with E-state index in [-0.39, 0.29) is 11.3 Å². The van der Waals surface area contributed by atoms with Crippen LogP contribution in [-0.2, 0) is 17.8 Å². The van der Waals surface area contributed by atoms with Crippen molar-refractivity contribution in [2.24, 2.45) is 0 Å². The van der Waals surface area contributed by atoms with E-state index in [1.807, 2.05) is 30.5 Å². The van der Waals surface area contributed by atoms with Gasteiger partial charge < -0.3 is 9.47 Å². The maximum absolute atomic E-state index is 13.2. The number of aromatic amines is 1. The van der Waals surface area contributed by atoms with E-state index in [0.29, 0.717) is 17.8 Å². The Morgan fingerprint density at radius 3 is 2.75 bits per heavy atom. The number of hydrogen-bond acceptors (Lipinski definition) is 6. The van der Waals surface area contributed by atoms with Gasteiger partial charge in [0.05, 0.1) is 31.2 Å². The van der Waals surface area contributed by atoms with E-state index >= 15 is 0 Å². The maximum atomic E-state index is 13.2. The molecule has 0 atom stereocenters. The van der Waals surface area contributed by atoms with Crippen LogP contribution in [0.15, 0.2) is 47.7 Å². The summed E-state index contributed by atoms with van der Waals surface area (Å²) in [7, 11) is 1.63. The van der Waals surface area contributed by atoms with Gasteiger partial charge in [0.2, 0.25) is 0 Å². The highest BCUT2D eigenvalue weighted by molar-refractivity contribution is 5.87. The standard InChI is InChI=1S/C23H26N6O3/c1-23(2)14-27(8-9-32-23)12-17-10-19-20(24-11-17)28(22(30)29-21(19)25-15-26-29)13-16-4-6-18(31-3)7-5-16/h4-7,10-11,15H,8-9,12-14H2,1-3H3/p+1. The lowest BCUT2D eigenvalue weighted by molar-refractivity contribution is -0.345. The number of ether oxygens (including phenoxy) is 2. The first-order chi connectivity index (χ1) is 15.4. The Balaban J connectivity index is 1.55. The van der Waals surface area contributed by atoms with Crippen LogP contribution in [0, 0.1) is 0 Å². The topological polar surface area (TPSA) is 88.0 Å². The molecule has 4 heterocycles. The summed E-state index contributed by atoms with van der Waals surface area (Å²) in [5, 5.41) is 5.08. The van der Waals surface area contributed by atoms with Crippen LogP contribution in [0.1, 0.15) is 25.0 Å². The SMILES string of the molecule is COc1ccc(Cn2c(=O)n3nc[nH+]c3c3cc(CN4CCOC(C)(C)C4)cnc32)cc1. The second kappa shape index (κ2) is 7.99. The van der Waals surface area contributed by atoms with Gasteiger partial charge in [-0.1, -0.05) is 12.1 Å². The fourth-order valence-electron chi connectivity index (χ4n) is 4.35. The monoisotopic (exact) mass is 435 g/mol. The quantitative estimate of drug-likeness (QED) is 0.472. The van der Waals surface area contributed by atoms with Crippen molar-refractivity contribution < 1.29 is 14.5 Å². The van der Waals surface area contributed by atoms with Crippen LogP contribution in [0.2, 0.25) is 0 Å². The summed E-state index contributed by atoms with van der Waals surface area (Å²) in [6.07, 6.45) is 3.40. The summed E-state index contributed by atoms with van der Waals surface area (Å²) >= 11 is 0. The molecular weight excluding hydrogens is 408 g/mol. The predicted molar refractivity (Wildman–Crippen MR) is 119 cm³/mol. The van der Waals surface area contributed by atoms with Gasteiger partial charge in [0.15, 0.2) is 5.65 Å². The Labute approximate surface area is 185 Å². The first kappa shape index (κ1) is 20.6. The molecular formula is C23H27N6O3+. The number of nitrogens with one attached hydrogen (secondary N) is 1. The molecule has 1 aromatic carbocycles. The zero-order valence-corrected chi connectivity index (χ0v) is 18.5. The molecule has 1 saturated heterocycles. The Bertz CT molecular complexity index is 1330. The van der Waals surface area contributed by atoms with E-state index in [9.17, 15) is 4.79 Å². The Morgan fingerprint density at radius 2 is 2.00 bits per heavy atom. The Morgan fingerprint density at radius 1 is 1.19 bits per heavy atom. The zero-order chi connectivity index (χ0) is 22.3. The minimum Gasteiger partial charge on any atom is -0.497 e. The number of benzene rings is 1. The number of H-pyrrole nitrogens is 1. The van der Waals surface area contributed by atoms with Gasteiger partial charge >= 0.3 is 5.69 Å². The summed E-state index contributed by atoms with van der Waals surface area (Å²) in [5.41, 5.74) is 2.94. The van der Waals surface area contributed by atoms with Gasteiger partial charge in [-0.15, -0.1) is 0 Å². The molecule has 0 unspecified atom stereocenters. The molecule has 3 aromatic heterocycles. The van der Waals surface area contributed by atoms with Crippen LogP contribution in [-0.4, -0.2) is 56.5 Å². The first-order valence-corrected chi connectivity index (χ1v) is 10.7. The Kier molecular flexibility index (Phi) is 5.15. The summed E-state index contributed by atoms with van der Waals surface area (Å²) < 4.78 is 14.1. The Hall–Kier alpha value is -3.30. The number of morpholine rings is 1. The van der Waals surface area contributed by atoms with Crippen molar-refractivity contribution in [2.75, 3.05) is 26.8 Å². The van der Waals surface area contributed by atoms with Crippen molar-refractivity contribution >= 4 is 16.7 Å². The number of aromatic nitrogens is 5. The molecule has 166 valence electrons. The maximum Gasteiger partial charge on any atom is 0.425 e. The first-order valence-electron chi connectivity index (χ1n) is 10.7. The van der Waals surface area contributed by atoms with Gasteiger partial charge in [-0.3, -0.25) is 9.47 Å². The minimum absolute atomic E-state index is 0.159. The smallest absolute Gasteiger partial charge is 0.425 e. The molecule has 9 heteroatoms. The third kappa shape index (κ3) is 3.85. The molecule has 0 saturated carbocycles. The van der Waals surface area contributed by atoms with Crippen LogP contribution in [0.5, 0.6) is 5.75 Å². The molecule has 0 aliphatic carbocycles. The van der Waals surface area contributed by atoms with Crippen LogP contribution in [0.25, 0.3) is 16.7 Å². The fraction of sp³-hybridized carbons (Fsp3) is 0.391. The van der Waals surface area contributed by atoms with E-state index < -0.39 is 0 Å². The average Bonchev–Trinajstić information content (AvgIpc) is 3.27. The minimum atomic E-state index is -0.236. The lowest BCUT2D eigenvalue weighted by atomic mass is 10.1. The summed E-state index contributed by atoms with van der Waals surface area (Å²) in [6, 6.07) is 9.77. The van der Waals surface area contributed by atoms with E-state index in [0.717, 1.165) is 48.5 Å². The molecule has 0 bridgehead atoms. The lowest BCUT2D eigenvalue weighted by Gasteiger charge is -2.38. The predicted octanol–water partition coefficient (Wildman–Crippen LogP) is 1.53. The number of fused-ring (bicyclic) bond motifs is 3. The van der Waals surface area contributed by atoms with Crippen LogP contribution >= 0.6 is 0 Å². The molecule has 1 N–H and O–H groups in total. The molecule has 1 aliphatic rings. The highest BCUT2D eigenvalue weighted by Crippen LogP contribution is 2.21. The molecule has 0 amide bonds. The second-order valence-corrected chi connectivity index (χ2v) is 8.80. The molecule has 1 aliphatic heterocycles. The normalized spacial score (nSPS) is 16.6. The molecule has 0 radical (unpaired) electrons. The highest BCUT2D eigenvalue weighted by atomic mass is 16.5. The number of pyridine rings is 1. The summed E-state index contributed by atoms with van der Waals surface area (Å²) in [6.45, 7) is 7.84. The molecule has 32 heavy (non-hydrogen) atoms. The van der Waals surface area contributed by atoms with E-state index in [1.165, 1.54) is 10.8 Å². The van der Waals surface area contributed by atoms with Crippen LogP contribution < -0.4 is 15.4 Å². The summed E-state index contributed by atoms with van der Waals surface area (Å²) in [4.78, 5) is 23.4. The third-order valence-corrected chi connectivity index (χ3v) is 5.84. The van der Waals surface area contributed by atoms with Gasteiger partial charge in [-0.05, 0) is 47.7 Å². The fourth-order valence-corrected chi connectivity index (χ4v) is 4.35. The number of hydrogen-bond donors (Lipinski definition) is 0. The molecule has 1 fully saturated rings. The van der Waals surface area contributed by atoms with Gasteiger partial charge in [-0.25, -0.2) is 14.8 Å². The van der Waals surface area contributed by atoms with E-state index in [2.05, 4.69) is 34.9 Å². The summed E-state index contributed by atoms with van der Waals surface area (Å²) in [5.74, 6) is 0.775. The lowest BCUT2D eigenvalue weighted by Crippen LogP contribution is -2.47. The molecule has 9 nitrogen and oxygen atoms in total. The number of rotatable bonds is 5. The van der Waals surface area contributed by atoms with Crippen molar-refractivity contribution in [1.29, 1.82) is 0 Å². The second-order valence-electron chi connectivity index (χ2n) is 8.80. The van der Waals surface area contributed by atoms with Gasteiger partial charge in [-0.2, -0.15) is 0 Å². The van der Waals surface area contributed by atoms with Crippen molar-refractivity contribution in [2.45, 2.75) is 32.5 Å². The van der Waals surface area contributed by atoms with E-state index in [4.69, 9.17) is 14.5 Å². The van der Waals surface area contributed by atoms with Gasteiger partial charge in [0.1, 0.15) is 5.75 Å². The largest absolute Gasteiger partial charge is 0.497 e. The van der Waals surface area contributed by atoms with Crippen LogP contribution in [0.4, 0.5) is 0 Å². The van der Waals surface area contributed by atoms with Crippen LogP contribution in [0.3, 0.4) is 0 Å². The number of methoxy groups -OCH3 is 1.